The Balaban J connectivity index is 1.66. The van der Waals surface area contributed by atoms with Crippen molar-refractivity contribution in [1.29, 1.82) is 0 Å². The van der Waals surface area contributed by atoms with Gasteiger partial charge in [0.05, 0.1) is 6.10 Å². The Hall–Kier alpha value is -1.04. The van der Waals surface area contributed by atoms with Crippen LogP contribution >= 0.6 is 0 Å². The normalized spacial score (nSPS) is 25.6. The molecule has 1 aromatic rings. The summed E-state index contributed by atoms with van der Waals surface area (Å²) in [4.78, 5) is 4.69. The molecule has 2 saturated heterocycles. The molecule has 5 heteroatoms. The molecular formula is C16H22F2N2O. The van der Waals surface area contributed by atoms with Gasteiger partial charge in [0, 0.05) is 24.7 Å². The van der Waals surface area contributed by atoms with E-state index in [1.54, 1.807) is 0 Å². The van der Waals surface area contributed by atoms with Crippen LogP contribution in [0.15, 0.2) is 18.2 Å². The van der Waals surface area contributed by atoms with Crippen LogP contribution in [0.5, 0.6) is 0 Å². The highest BCUT2D eigenvalue weighted by Gasteiger charge is 2.29. The third-order valence-corrected chi connectivity index (χ3v) is 4.66. The fourth-order valence-electron chi connectivity index (χ4n) is 3.57. The summed E-state index contributed by atoms with van der Waals surface area (Å²) in [5.74, 6) is -1.83. The van der Waals surface area contributed by atoms with Crippen molar-refractivity contribution in [3.8, 4) is 0 Å². The van der Waals surface area contributed by atoms with Gasteiger partial charge in [-0.3, -0.25) is 9.80 Å². The van der Waals surface area contributed by atoms with Gasteiger partial charge in [0.1, 0.15) is 0 Å². The van der Waals surface area contributed by atoms with Crippen LogP contribution in [-0.4, -0.2) is 53.7 Å². The number of aliphatic hydroxyl groups excluding tert-OH is 1. The highest BCUT2D eigenvalue weighted by molar-refractivity contribution is 5.21. The first-order valence-electron chi connectivity index (χ1n) is 7.73. The number of nitrogens with zero attached hydrogens (tertiary/aromatic N) is 2. The lowest BCUT2D eigenvalue weighted by molar-refractivity contribution is 0.104. The second-order valence-corrected chi connectivity index (χ2v) is 6.10. The van der Waals surface area contributed by atoms with Gasteiger partial charge in [-0.05, 0) is 45.0 Å². The van der Waals surface area contributed by atoms with Gasteiger partial charge in [0.2, 0.25) is 0 Å². The zero-order valence-corrected chi connectivity index (χ0v) is 12.1. The van der Waals surface area contributed by atoms with E-state index >= 15 is 0 Å². The summed E-state index contributed by atoms with van der Waals surface area (Å²) in [5, 5.41) is 10.2. The highest BCUT2D eigenvalue weighted by atomic mass is 19.2. The first-order chi connectivity index (χ1) is 10.1. The first kappa shape index (κ1) is 14.9. The van der Waals surface area contributed by atoms with Crippen molar-refractivity contribution >= 4 is 0 Å². The van der Waals surface area contributed by atoms with E-state index in [1.807, 2.05) is 0 Å². The average molecular weight is 296 g/mol. The molecule has 116 valence electrons. The Morgan fingerprint density at radius 1 is 1.19 bits per heavy atom. The lowest BCUT2D eigenvalue weighted by Crippen LogP contribution is -2.38. The molecule has 21 heavy (non-hydrogen) atoms. The topological polar surface area (TPSA) is 26.7 Å². The maximum absolute atomic E-state index is 13.7. The molecule has 0 saturated carbocycles. The molecular weight excluding hydrogens is 274 g/mol. The Kier molecular flexibility index (Phi) is 4.52. The summed E-state index contributed by atoms with van der Waals surface area (Å²) >= 11 is 0. The number of halogens is 2. The molecule has 2 aliphatic rings. The van der Waals surface area contributed by atoms with Gasteiger partial charge in [-0.15, -0.1) is 0 Å². The average Bonchev–Trinajstić information content (AvgIpc) is 2.80. The molecule has 0 bridgehead atoms. The lowest BCUT2D eigenvalue weighted by Gasteiger charge is -2.27. The SMILES string of the molecule is OC(CN1CCCN2CCCC2C1)c1cccc(F)c1F. The van der Waals surface area contributed by atoms with Crippen LogP contribution in [0.25, 0.3) is 0 Å². The number of fused-ring (bicyclic) bond motifs is 1. The second-order valence-electron chi connectivity index (χ2n) is 6.10. The first-order valence-corrected chi connectivity index (χ1v) is 7.73. The zero-order chi connectivity index (χ0) is 14.8. The summed E-state index contributed by atoms with van der Waals surface area (Å²) in [5.41, 5.74) is 0.0579. The third kappa shape index (κ3) is 3.25. The van der Waals surface area contributed by atoms with Crippen LogP contribution in [-0.2, 0) is 0 Å². The van der Waals surface area contributed by atoms with Crippen molar-refractivity contribution in [2.75, 3.05) is 32.7 Å². The molecule has 2 fully saturated rings. The summed E-state index contributed by atoms with van der Waals surface area (Å²) in [6, 6.07) is 4.53. The van der Waals surface area contributed by atoms with E-state index in [4.69, 9.17) is 0 Å². The van der Waals surface area contributed by atoms with Crippen molar-refractivity contribution in [2.45, 2.75) is 31.4 Å². The van der Waals surface area contributed by atoms with Gasteiger partial charge in [0.15, 0.2) is 11.6 Å². The Bertz CT molecular complexity index is 497. The van der Waals surface area contributed by atoms with Gasteiger partial charge in [-0.2, -0.15) is 0 Å². The molecule has 0 aromatic heterocycles. The van der Waals surface area contributed by atoms with E-state index in [1.165, 1.54) is 31.5 Å². The second kappa shape index (κ2) is 6.38. The van der Waals surface area contributed by atoms with E-state index in [0.29, 0.717) is 12.6 Å². The minimum absolute atomic E-state index is 0.0579. The number of β-amino-alcohol motifs (C(OH)–C–C–N with tert-alkyl or cyclic N) is 1. The molecule has 0 aliphatic carbocycles. The molecule has 2 heterocycles. The lowest BCUT2D eigenvalue weighted by atomic mass is 10.1. The van der Waals surface area contributed by atoms with Gasteiger partial charge >= 0.3 is 0 Å². The number of rotatable bonds is 3. The zero-order valence-electron chi connectivity index (χ0n) is 12.1. The number of hydrogen-bond donors (Lipinski definition) is 1. The number of benzene rings is 1. The van der Waals surface area contributed by atoms with E-state index in [2.05, 4.69) is 9.80 Å². The van der Waals surface area contributed by atoms with Crippen LogP contribution in [0.2, 0.25) is 0 Å². The van der Waals surface area contributed by atoms with Crippen molar-refractivity contribution < 1.29 is 13.9 Å². The van der Waals surface area contributed by atoms with Gasteiger partial charge < -0.3 is 5.11 Å². The summed E-state index contributed by atoms with van der Waals surface area (Å²) in [6.45, 7) is 4.45. The van der Waals surface area contributed by atoms with Crippen molar-refractivity contribution in [3.63, 3.8) is 0 Å². The molecule has 1 N–H and O–H groups in total. The third-order valence-electron chi connectivity index (χ3n) is 4.66. The molecule has 2 aliphatic heterocycles. The highest BCUT2D eigenvalue weighted by Crippen LogP contribution is 2.24. The summed E-state index contributed by atoms with van der Waals surface area (Å²) < 4.78 is 27.0. The molecule has 3 rings (SSSR count). The summed E-state index contributed by atoms with van der Waals surface area (Å²) in [6.07, 6.45) is 2.52. The van der Waals surface area contributed by atoms with Crippen LogP contribution in [0, 0.1) is 11.6 Å². The molecule has 2 atom stereocenters. The van der Waals surface area contributed by atoms with Gasteiger partial charge in [-0.25, -0.2) is 8.78 Å². The van der Waals surface area contributed by atoms with E-state index in [9.17, 15) is 13.9 Å². The molecule has 3 nitrogen and oxygen atoms in total. The monoisotopic (exact) mass is 296 g/mol. The predicted octanol–water partition coefficient (Wildman–Crippen LogP) is 2.17. The van der Waals surface area contributed by atoms with Crippen molar-refractivity contribution in [2.24, 2.45) is 0 Å². The van der Waals surface area contributed by atoms with Crippen molar-refractivity contribution in [3.05, 3.63) is 35.4 Å². The molecule has 0 radical (unpaired) electrons. The predicted molar refractivity (Wildman–Crippen MR) is 77.0 cm³/mol. The molecule has 2 unspecified atom stereocenters. The maximum Gasteiger partial charge on any atom is 0.164 e. The minimum atomic E-state index is -0.978. The van der Waals surface area contributed by atoms with Gasteiger partial charge in [0.25, 0.3) is 0 Å². The fraction of sp³-hybridized carbons (Fsp3) is 0.625. The summed E-state index contributed by atoms with van der Waals surface area (Å²) in [7, 11) is 0. The van der Waals surface area contributed by atoms with Crippen molar-refractivity contribution in [1.82, 2.24) is 9.80 Å². The number of aliphatic hydroxyl groups is 1. The smallest absolute Gasteiger partial charge is 0.164 e. The van der Waals surface area contributed by atoms with Crippen LogP contribution in [0.1, 0.15) is 30.9 Å². The quantitative estimate of drug-likeness (QED) is 0.926. The van der Waals surface area contributed by atoms with E-state index in [-0.39, 0.29) is 5.56 Å². The van der Waals surface area contributed by atoms with E-state index in [0.717, 1.165) is 32.1 Å². The Morgan fingerprint density at radius 2 is 2.00 bits per heavy atom. The van der Waals surface area contributed by atoms with Crippen LogP contribution in [0.3, 0.4) is 0 Å². The minimum Gasteiger partial charge on any atom is -0.387 e. The largest absolute Gasteiger partial charge is 0.387 e. The maximum atomic E-state index is 13.7. The fourth-order valence-corrected chi connectivity index (χ4v) is 3.57. The molecule has 0 spiro atoms. The number of hydrogen-bond acceptors (Lipinski definition) is 3. The van der Waals surface area contributed by atoms with Crippen LogP contribution < -0.4 is 0 Å². The van der Waals surface area contributed by atoms with E-state index < -0.39 is 17.7 Å². The molecule has 0 amide bonds. The Morgan fingerprint density at radius 3 is 2.86 bits per heavy atom. The molecule has 1 aromatic carbocycles. The van der Waals surface area contributed by atoms with Gasteiger partial charge in [-0.1, -0.05) is 12.1 Å². The standard InChI is InChI=1S/C16H22F2N2O/c17-14-6-1-5-13(16(14)18)15(21)11-19-7-3-9-20-8-2-4-12(20)10-19/h1,5-6,12,15,21H,2-4,7-11H2. The Labute approximate surface area is 124 Å². The van der Waals surface area contributed by atoms with Crippen LogP contribution in [0.4, 0.5) is 8.78 Å².